The minimum Gasteiger partial charge on any atom is -0.273 e. The molecule has 0 aliphatic heterocycles. The first-order valence-electron chi connectivity index (χ1n) is 10.1. The quantitative estimate of drug-likeness (QED) is 0.275. The van der Waals surface area contributed by atoms with Crippen molar-refractivity contribution >= 4 is 22.9 Å². The molecule has 0 saturated heterocycles. The third-order valence-electron chi connectivity index (χ3n) is 4.72. The van der Waals surface area contributed by atoms with Gasteiger partial charge in [-0.05, 0) is 17.2 Å². The zero-order valence-electron chi connectivity index (χ0n) is 16.0. The number of nitrogens with zero attached hydrogens (tertiary/aromatic N) is 1. The van der Waals surface area contributed by atoms with Crippen molar-refractivity contribution in [3.8, 4) is 0 Å². The Hall–Kier alpha value is -2.16. The molecular weight excluding hydrogens is 320 g/mol. The molecule has 0 heterocycles. The van der Waals surface area contributed by atoms with Crippen LogP contribution in [0.15, 0.2) is 47.6 Å². The molecule has 0 aromatic heterocycles. The molecule has 0 fully saturated rings. The summed E-state index contributed by atoms with van der Waals surface area (Å²) in [7, 11) is 0. The molecule has 0 bridgehead atoms. The Bertz CT molecular complexity index is 688. The Morgan fingerprint density at radius 1 is 0.885 bits per heavy atom. The van der Waals surface area contributed by atoms with Crippen LogP contribution in [-0.2, 0) is 4.79 Å². The molecule has 3 heteroatoms. The first kappa shape index (κ1) is 20.2. The lowest BCUT2D eigenvalue weighted by Crippen LogP contribution is -2.16. The number of carbonyl (C=O) groups is 1. The van der Waals surface area contributed by atoms with Gasteiger partial charge in [-0.1, -0.05) is 101 Å². The van der Waals surface area contributed by atoms with Crippen LogP contribution in [0.2, 0.25) is 0 Å². The maximum atomic E-state index is 11.9. The first-order valence-corrected chi connectivity index (χ1v) is 10.1. The van der Waals surface area contributed by atoms with Gasteiger partial charge in [0.05, 0.1) is 6.21 Å². The number of nitrogens with one attached hydrogen (secondary N) is 1. The number of rotatable bonds is 12. The van der Waals surface area contributed by atoms with Crippen LogP contribution in [0, 0.1) is 0 Å². The van der Waals surface area contributed by atoms with E-state index in [4.69, 9.17) is 0 Å². The van der Waals surface area contributed by atoms with Crippen LogP contribution in [0.5, 0.6) is 0 Å². The second-order valence-corrected chi connectivity index (χ2v) is 6.94. The molecule has 2 aromatic carbocycles. The van der Waals surface area contributed by atoms with Crippen molar-refractivity contribution in [1.29, 1.82) is 0 Å². The highest BCUT2D eigenvalue weighted by Gasteiger charge is 2.00. The SMILES string of the molecule is CCCCCCCCCCCC(=O)N/N=C/c1cccc2ccccc12. The summed E-state index contributed by atoms with van der Waals surface area (Å²) in [5.74, 6) is 0.00410. The molecule has 0 saturated carbocycles. The summed E-state index contributed by atoms with van der Waals surface area (Å²) in [5.41, 5.74) is 3.67. The summed E-state index contributed by atoms with van der Waals surface area (Å²) in [6.45, 7) is 2.25. The lowest BCUT2D eigenvalue weighted by molar-refractivity contribution is -0.121. The topological polar surface area (TPSA) is 41.5 Å². The molecule has 0 radical (unpaired) electrons. The highest BCUT2D eigenvalue weighted by molar-refractivity contribution is 5.99. The van der Waals surface area contributed by atoms with E-state index in [0.717, 1.165) is 23.8 Å². The van der Waals surface area contributed by atoms with Crippen molar-refractivity contribution in [2.75, 3.05) is 0 Å². The molecular formula is C23H32N2O. The fourth-order valence-electron chi connectivity index (χ4n) is 3.19. The summed E-state index contributed by atoms with van der Waals surface area (Å²) >= 11 is 0. The number of amides is 1. The number of hydrazone groups is 1. The van der Waals surface area contributed by atoms with Gasteiger partial charge in [0.25, 0.3) is 0 Å². The predicted octanol–water partition coefficient (Wildman–Crippen LogP) is 6.21. The Labute approximate surface area is 157 Å². The maximum absolute atomic E-state index is 11.9. The molecule has 2 aromatic rings. The van der Waals surface area contributed by atoms with E-state index in [1.165, 1.54) is 50.3 Å². The Kier molecular flexibility index (Phi) is 9.48. The van der Waals surface area contributed by atoms with E-state index in [2.05, 4.69) is 35.7 Å². The van der Waals surface area contributed by atoms with Gasteiger partial charge in [0.1, 0.15) is 0 Å². The van der Waals surface area contributed by atoms with E-state index in [1.54, 1.807) is 6.21 Å². The minimum absolute atomic E-state index is 0.00410. The van der Waals surface area contributed by atoms with E-state index in [-0.39, 0.29) is 5.91 Å². The number of carbonyl (C=O) groups excluding carboxylic acids is 1. The van der Waals surface area contributed by atoms with Gasteiger partial charge in [0.15, 0.2) is 0 Å². The monoisotopic (exact) mass is 352 g/mol. The third-order valence-corrected chi connectivity index (χ3v) is 4.72. The second-order valence-electron chi connectivity index (χ2n) is 6.94. The standard InChI is InChI=1S/C23H32N2O/c1-2-3-4-5-6-7-8-9-10-18-23(26)25-24-19-21-16-13-15-20-14-11-12-17-22(20)21/h11-17,19H,2-10,18H2,1H3,(H,25,26)/b24-19+. The van der Waals surface area contributed by atoms with Crippen LogP contribution in [0.3, 0.4) is 0 Å². The van der Waals surface area contributed by atoms with Crippen molar-refractivity contribution in [2.45, 2.75) is 71.1 Å². The molecule has 1 N–H and O–H groups in total. The van der Waals surface area contributed by atoms with Gasteiger partial charge in [-0.2, -0.15) is 5.10 Å². The number of benzene rings is 2. The first-order chi connectivity index (χ1) is 12.8. The largest absolute Gasteiger partial charge is 0.273 e. The highest BCUT2D eigenvalue weighted by Crippen LogP contribution is 2.16. The Morgan fingerprint density at radius 3 is 2.31 bits per heavy atom. The van der Waals surface area contributed by atoms with Gasteiger partial charge in [0.2, 0.25) is 5.91 Å². The van der Waals surface area contributed by atoms with E-state index < -0.39 is 0 Å². The van der Waals surface area contributed by atoms with Gasteiger partial charge in [-0.25, -0.2) is 5.43 Å². The van der Waals surface area contributed by atoms with Gasteiger partial charge < -0.3 is 0 Å². The molecule has 140 valence electrons. The van der Waals surface area contributed by atoms with E-state index in [9.17, 15) is 4.79 Å². The van der Waals surface area contributed by atoms with Crippen LogP contribution in [0.25, 0.3) is 10.8 Å². The fraction of sp³-hybridized carbons (Fsp3) is 0.478. The number of fused-ring (bicyclic) bond motifs is 1. The van der Waals surface area contributed by atoms with Gasteiger partial charge in [-0.3, -0.25) is 4.79 Å². The predicted molar refractivity (Wildman–Crippen MR) is 112 cm³/mol. The van der Waals surface area contributed by atoms with Crippen LogP contribution in [-0.4, -0.2) is 12.1 Å². The molecule has 1 amide bonds. The Morgan fingerprint density at radius 2 is 1.54 bits per heavy atom. The fourth-order valence-corrected chi connectivity index (χ4v) is 3.19. The minimum atomic E-state index is 0.00410. The Balaban J connectivity index is 1.60. The van der Waals surface area contributed by atoms with E-state index in [1.807, 2.05) is 24.3 Å². The van der Waals surface area contributed by atoms with E-state index >= 15 is 0 Å². The molecule has 3 nitrogen and oxygen atoms in total. The average molecular weight is 353 g/mol. The number of unbranched alkanes of at least 4 members (excludes halogenated alkanes) is 8. The van der Waals surface area contributed by atoms with E-state index in [0.29, 0.717) is 6.42 Å². The summed E-state index contributed by atoms with van der Waals surface area (Å²) < 4.78 is 0. The van der Waals surface area contributed by atoms with Crippen molar-refractivity contribution in [2.24, 2.45) is 5.10 Å². The van der Waals surface area contributed by atoms with Crippen molar-refractivity contribution in [3.63, 3.8) is 0 Å². The summed E-state index contributed by atoms with van der Waals surface area (Å²) in [4.78, 5) is 11.9. The lowest BCUT2D eigenvalue weighted by atomic mass is 10.1. The molecule has 26 heavy (non-hydrogen) atoms. The molecule has 0 unspecified atom stereocenters. The summed E-state index contributed by atoms with van der Waals surface area (Å²) in [5, 5.41) is 6.45. The zero-order valence-corrected chi connectivity index (χ0v) is 16.0. The van der Waals surface area contributed by atoms with Gasteiger partial charge in [-0.15, -0.1) is 0 Å². The normalized spacial score (nSPS) is 11.3. The molecule has 0 atom stereocenters. The van der Waals surface area contributed by atoms with Crippen molar-refractivity contribution in [1.82, 2.24) is 5.43 Å². The molecule has 0 spiro atoms. The van der Waals surface area contributed by atoms with Crippen molar-refractivity contribution < 1.29 is 4.79 Å². The number of hydrogen-bond donors (Lipinski definition) is 1. The lowest BCUT2D eigenvalue weighted by Gasteiger charge is -2.03. The van der Waals surface area contributed by atoms with Crippen molar-refractivity contribution in [3.05, 3.63) is 48.0 Å². The highest BCUT2D eigenvalue weighted by atomic mass is 16.2. The van der Waals surface area contributed by atoms with Crippen LogP contribution < -0.4 is 5.43 Å². The van der Waals surface area contributed by atoms with Crippen LogP contribution >= 0.6 is 0 Å². The van der Waals surface area contributed by atoms with Gasteiger partial charge in [0, 0.05) is 12.0 Å². The molecule has 0 aliphatic rings. The zero-order chi connectivity index (χ0) is 18.5. The second kappa shape index (κ2) is 12.2. The third kappa shape index (κ3) is 7.38. The molecule has 0 aliphatic carbocycles. The van der Waals surface area contributed by atoms with Gasteiger partial charge >= 0.3 is 0 Å². The van der Waals surface area contributed by atoms with Crippen LogP contribution in [0.4, 0.5) is 0 Å². The average Bonchev–Trinajstić information content (AvgIpc) is 2.67. The summed E-state index contributed by atoms with van der Waals surface area (Å²) in [6.07, 6.45) is 13.6. The summed E-state index contributed by atoms with van der Waals surface area (Å²) in [6, 6.07) is 14.3. The van der Waals surface area contributed by atoms with Crippen LogP contribution in [0.1, 0.15) is 76.7 Å². The number of hydrogen-bond acceptors (Lipinski definition) is 2. The smallest absolute Gasteiger partial charge is 0.240 e. The maximum Gasteiger partial charge on any atom is 0.240 e. The molecule has 2 rings (SSSR count).